The van der Waals surface area contributed by atoms with Crippen LogP contribution in [0.5, 0.6) is 0 Å². The van der Waals surface area contributed by atoms with Gasteiger partial charge in [0.05, 0.1) is 5.88 Å². The van der Waals surface area contributed by atoms with Crippen molar-refractivity contribution in [1.82, 2.24) is 4.98 Å². The standard InChI is InChI=1S/C15H14ClNOS/c16-8-14(18)13-9-19-15(17-13)12-7-3-5-10-4-1-2-6-11(10)12/h1-2,4,6,9,12H,3,5,7-8H2. The van der Waals surface area contributed by atoms with Gasteiger partial charge in [-0.05, 0) is 30.4 Å². The second kappa shape index (κ2) is 5.43. The molecule has 1 aromatic heterocycles. The SMILES string of the molecule is O=C(CCl)c1csc(C2CCCc3ccccc32)n1. The van der Waals surface area contributed by atoms with Crippen molar-refractivity contribution < 1.29 is 4.79 Å². The van der Waals surface area contributed by atoms with Crippen LogP contribution in [0.2, 0.25) is 0 Å². The molecule has 0 radical (unpaired) electrons. The highest BCUT2D eigenvalue weighted by Crippen LogP contribution is 2.37. The van der Waals surface area contributed by atoms with Gasteiger partial charge in [0.2, 0.25) is 0 Å². The van der Waals surface area contributed by atoms with Crippen LogP contribution in [0, 0.1) is 0 Å². The Labute approximate surface area is 121 Å². The lowest BCUT2D eigenvalue weighted by atomic mass is 9.83. The first-order valence-corrected chi connectivity index (χ1v) is 7.83. The Kier molecular flexibility index (Phi) is 3.67. The maximum Gasteiger partial charge on any atom is 0.196 e. The van der Waals surface area contributed by atoms with Gasteiger partial charge >= 0.3 is 0 Å². The number of carbonyl (C=O) groups excluding carboxylic acids is 1. The summed E-state index contributed by atoms with van der Waals surface area (Å²) in [6.07, 6.45) is 3.44. The van der Waals surface area contributed by atoms with Gasteiger partial charge in [-0.3, -0.25) is 4.79 Å². The van der Waals surface area contributed by atoms with E-state index >= 15 is 0 Å². The van der Waals surface area contributed by atoms with Crippen LogP contribution in [0.1, 0.15) is 45.4 Å². The van der Waals surface area contributed by atoms with Gasteiger partial charge in [0.15, 0.2) is 5.78 Å². The highest BCUT2D eigenvalue weighted by molar-refractivity contribution is 7.10. The topological polar surface area (TPSA) is 30.0 Å². The number of halogens is 1. The summed E-state index contributed by atoms with van der Waals surface area (Å²) in [6.45, 7) is 0. The fourth-order valence-corrected chi connectivity index (χ4v) is 3.77. The number of alkyl halides is 1. The van der Waals surface area contributed by atoms with Crippen LogP contribution in [0.25, 0.3) is 0 Å². The maximum atomic E-state index is 11.6. The molecule has 2 nitrogen and oxygen atoms in total. The Bertz CT molecular complexity index is 608. The zero-order valence-electron chi connectivity index (χ0n) is 10.4. The summed E-state index contributed by atoms with van der Waals surface area (Å²) in [4.78, 5) is 16.1. The number of aryl methyl sites for hydroxylation is 1. The first-order chi connectivity index (χ1) is 9.29. The zero-order valence-corrected chi connectivity index (χ0v) is 12.0. The van der Waals surface area contributed by atoms with Crippen LogP contribution in [0.15, 0.2) is 29.6 Å². The van der Waals surface area contributed by atoms with E-state index in [0.29, 0.717) is 11.6 Å². The van der Waals surface area contributed by atoms with Crippen molar-refractivity contribution in [1.29, 1.82) is 0 Å². The first kappa shape index (κ1) is 12.8. The summed E-state index contributed by atoms with van der Waals surface area (Å²) in [5.41, 5.74) is 3.30. The Morgan fingerprint density at radius 3 is 3.11 bits per heavy atom. The van der Waals surface area contributed by atoms with E-state index in [0.717, 1.165) is 17.8 Å². The van der Waals surface area contributed by atoms with Gasteiger partial charge in [0.25, 0.3) is 0 Å². The molecule has 1 aromatic carbocycles. The number of fused-ring (bicyclic) bond motifs is 1. The number of hydrogen-bond acceptors (Lipinski definition) is 3. The van der Waals surface area contributed by atoms with E-state index in [1.54, 1.807) is 11.3 Å². The van der Waals surface area contributed by atoms with Crippen LogP contribution in [0.4, 0.5) is 0 Å². The average Bonchev–Trinajstić information content (AvgIpc) is 2.95. The number of nitrogens with zero attached hydrogens (tertiary/aromatic N) is 1. The van der Waals surface area contributed by atoms with Crippen molar-refractivity contribution in [3.05, 3.63) is 51.5 Å². The number of carbonyl (C=O) groups is 1. The third-order valence-corrected chi connectivity index (χ3v) is 4.80. The second-order valence-electron chi connectivity index (χ2n) is 4.77. The molecule has 0 saturated carbocycles. The molecule has 3 rings (SSSR count). The van der Waals surface area contributed by atoms with E-state index in [4.69, 9.17) is 11.6 Å². The van der Waals surface area contributed by atoms with Crippen molar-refractivity contribution >= 4 is 28.7 Å². The van der Waals surface area contributed by atoms with Crippen molar-refractivity contribution in [3.8, 4) is 0 Å². The van der Waals surface area contributed by atoms with Crippen LogP contribution in [-0.2, 0) is 6.42 Å². The molecule has 0 aliphatic heterocycles. The van der Waals surface area contributed by atoms with E-state index in [2.05, 4.69) is 29.2 Å². The molecule has 0 N–H and O–H groups in total. The molecule has 4 heteroatoms. The minimum atomic E-state index is -0.0896. The Morgan fingerprint density at radius 1 is 1.42 bits per heavy atom. The number of thiazole rings is 1. The minimum Gasteiger partial charge on any atom is -0.291 e. The molecule has 19 heavy (non-hydrogen) atoms. The Morgan fingerprint density at radius 2 is 2.26 bits per heavy atom. The van der Waals surface area contributed by atoms with Gasteiger partial charge in [0.1, 0.15) is 10.7 Å². The minimum absolute atomic E-state index is 0.00439. The number of Topliss-reactive ketones (excluding diaryl/α,β-unsaturated/α-hetero) is 1. The van der Waals surface area contributed by atoms with Gasteiger partial charge in [-0.2, -0.15) is 0 Å². The third-order valence-electron chi connectivity index (χ3n) is 3.60. The molecule has 1 atom stereocenters. The normalized spacial score (nSPS) is 18.1. The number of aromatic nitrogens is 1. The molecule has 0 fully saturated rings. The van der Waals surface area contributed by atoms with E-state index in [1.807, 2.05) is 5.38 Å². The lowest BCUT2D eigenvalue weighted by molar-refractivity contribution is 0.101. The zero-order chi connectivity index (χ0) is 13.2. The summed E-state index contributed by atoms with van der Waals surface area (Å²) in [5, 5.41) is 2.87. The molecule has 0 bridgehead atoms. The molecule has 0 saturated heterocycles. The van der Waals surface area contributed by atoms with E-state index in [-0.39, 0.29) is 11.7 Å². The maximum absolute atomic E-state index is 11.6. The molecular weight excluding hydrogens is 278 g/mol. The van der Waals surface area contributed by atoms with Gasteiger partial charge in [-0.25, -0.2) is 4.98 Å². The Balaban J connectivity index is 1.95. The molecule has 0 spiro atoms. The fraction of sp³-hybridized carbons (Fsp3) is 0.333. The van der Waals surface area contributed by atoms with E-state index in [9.17, 15) is 4.79 Å². The van der Waals surface area contributed by atoms with E-state index in [1.165, 1.54) is 17.5 Å². The quantitative estimate of drug-likeness (QED) is 0.631. The van der Waals surface area contributed by atoms with Gasteiger partial charge < -0.3 is 0 Å². The average molecular weight is 292 g/mol. The first-order valence-electron chi connectivity index (χ1n) is 6.42. The van der Waals surface area contributed by atoms with Crippen molar-refractivity contribution in [3.63, 3.8) is 0 Å². The van der Waals surface area contributed by atoms with Crippen molar-refractivity contribution in [2.75, 3.05) is 5.88 Å². The summed E-state index contributed by atoms with van der Waals surface area (Å²) in [5.74, 6) is 0.254. The highest BCUT2D eigenvalue weighted by atomic mass is 35.5. The van der Waals surface area contributed by atoms with Crippen LogP contribution in [-0.4, -0.2) is 16.6 Å². The molecule has 1 heterocycles. The molecule has 1 aliphatic carbocycles. The monoisotopic (exact) mass is 291 g/mol. The highest BCUT2D eigenvalue weighted by Gasteiger charge is 2.24. The third kappa shape index (κ3) is 2.45. The predicted octanol–water partition coefficient (Wildman–Crippen LogP) is 4.03. The summed E-state index contributed by atoms with van der Waals surface area (Å²) in [6, 6.07) is 8.55. The number of ketones is 1. The summed E-state index contributed by atoms with van der Waals surface area (Å²) in [7, 11) is 0. The smallest absolute Gasteiger partial charge is 0.196 e. The Hall–Kier alpha value is -1.19. The molecular formula is C15H14ClNOS. The lowest BCUT2D eigenvalue weighted by Gasteiger charge is -2.23. The van der Waals surface area contributed by atoms with Crippen molar-refractivity contribution in [2.45, 2.75) is 25.2 Å². The van der Waals surface area contributed by atoms with Crippen LogP contribution in [0.3, 0.4) is 0 Å². The van der Waals surface area contributed by atoms with Gasteiger partial charge in [0, 0.05) is 11.3 Å². The van der Waals surface area contributed by atoms with Gasteiger partial charge in [-0.15, -0.1) is 22.9 Å². The van der Waals surface area contributed by atoms with Crippen LogP contribution < -0.4 is 0 Å². The summed E-state index contributed by atoms with van der Waals surface area (Å²) < 4.78 is 0. The molecule has 1 aliphatic rings. The van der Waals surface area contributed by atoms with Crippen molar-refractivity contribution in [2.24, 2.45) is 0 Å². The fourth-order valence-electron chi connectivity index (χ4n) is 2.65. The summed E-state index contributed by atoms with van der Waals surface area (Å²) >= 11 is 7.15. The number of rotatable bonds is 3. The van der Waals surface area contributed by atoms with E-state index < -0.39 is 0 Å². The van der Waals surface area contributed by atoms with Gasteiger partial charge in [-0.1, -0.05) is 24.3 Å². The lowest BCUT2D eigenvalue weighted by Crippen LogP contribution is -2.11. The molecule has 2 aromatic rings. The second-order valence-corrected chi connectivity index (χ2v) is 5.93. The predicted molar refractivity (Wildman–Crippen MR) is 78.4 cm³/mol. The molecule has 1 unspecified atom stereocenters. The number of hydrogen-bond donors (Lipinski definition) is 0. The molecule has 98 valence electrons. The molecule has 0 amide bonds. The largest absolute Gasteiger partial charge is 0.291 e. The number of benzene rings is 1. The van der Waals surface area contributed by atoms with Crippen LogP contribution >= 0.6 is 22.9 Å².